The topological polar surface area (TPSA) is 83.0 Å². The van der Waals surface area contributed by atoms with E-state index in [9.17, 15) is 9.90 Å². The molecule has 1 N–H and O–H groups in total. The summed E-state index contributed by atoms with van der Waals surface area (Å²) in [6.45, 7) is 10.2. The van der Waals surface area contributed by atoms with Gasteiger partial charge >= 0.3 is 5.97 Å². The van der Waals surface area contributed by atoms with Gasteiger partial charge in [-0.3, -0.25) is 4.90 Å². The summed E-state index contributed by atoms with van der Waals surface area (Å²) >= 11 is 13.0. The van der Waals surface area contributed by atoms with Gasteiger partial charge in [-0.2, -0.15) is 0 Å². The van der Waals surface area contributed by atoms with Gasteiger partial charge in [-0.1, -0.05) is 48.3 Å². The smallest absolute Gasteiger partial charge is 0.371 e. The average Bonchev–Trinajstić information content (AvgIpc) is 3.46. The fourth-order valence-corrected chi connectivity index (χ4v) is 5.48. The molecular weight excluding hydrogens is 501 g/mol. The third-order valence-corrected chi connectivity index (χ3v) is 7.42. The zero-order chi connectivity index (χ0) is 25.6. The van der Waals surface area contributed by atoms with Crippen LogP contribution in [-0.2, 0) is 6.54 Å². The molecule has 0 amide bonds. The molecule has 0 spiro atoms. The number of fused-ring (bicyclic) bond motifs is 1. The van der Waals surface area contributed by atoms with Crippen LogP contribution in [0.25, 0.3) is 22.2 Å². The van der Waals surface area contributed by atoms with Crippen LogP contribution in [-0.4, -0.2) is 47.3 Å². The molecule has 2 aromatic carbocycles. The second kappa shape index (κ2) is 9.81. The quantitative estimate of drug-likeness (QED) is 0.293. The number of carboxylic acid groups (broad SMARTS) is 1. The van der Waals surface area contributed by atoms with Crippen molar-refractivity contribution in [2.45, 2.75) is 33.2 Å². The number of anilines is 1. The van der Waals surface area contributed by atoms with Gasteiger partial charge in [0.1, 0.15) is 17.0 Å². The monoisotopic (exact) mass is 527 g/mol. The molecule has 4 aromatic rings. The Morgan fingerprint density at radius 2 is 1.81 bits per heavy atom. The Morgan fingerprint density at radius 1 is 1.11 bits per heavy atom. The number of rotatable bonds is 6. The Kier molecular flexibility index (Phi) is 6.72. The lowest BCUT2D eigenvalue weighted by Gasteiger charge is -2.37. The van der Waals surface area contributed by atoms with E-state index in [2.05, 4.69) is 28.8 Å². The Hall–Kier alpha value is -3.00. The van der Waals surface area contributed by atoms with Crippen LogP contribution >= 0.6 is 23.2 Å². The van der Waals surface area contributed by atoms with E-state index in [1.165, 1.54) is 0 Å². The van der Waals surface area contributed by atoms with Crippen molar-refractivity contribution in [1.29, 1.82) is 0 Å². The molecule has 2 aromatic heterocycles. The number of hydrogen-bond donors (Lipinski definition) is 1. The molecule has 1 fully saturated rings. The molecule has 0 unspecified atom stereocenters. The number of nitrogens with zero attached hydrogens (tertiary/aromatic N) is 3. The molecule has 188 valence electrons. The maximum Gasteiger partial charge on any atom is 0.371 e. The highest BCUT2D eigenvalue weighted by Crippen LogP contribution is 2.39. The van der Waals surface area contributed by atoms with Crippen LogP contribution in [0, 0.1) is 6.92 Å². The fraction of sp³-hybridized carbons (Fsp3) is 0.333. The predicted octanol–water partition coefficient (Wildman–Crippen LogP) is 6.85. The van der Waals surface area contributed by atoms with Gasteiger partial charge < -0.3 is 18.9 Å². The van der Waals surface area contributed by atoms with E-state index >= 15 is 0 Å². The van der Waals surface area contributed by atoms with Gasteiger partial charge in [0.25, 0.3) is 0 Å². The molecule has 1 saturated heterocycles. The van der Waals surface area contributed by atoms with Gasteiger partial charge in [0, 0.05) is 60.8 Å². The minimum Gasteiger partial charge on any atom is -0.475 e. The lowest BCUT2D eigenvalue weighted by Crippen LogP contribution is -2.46. The van der Waals surface area contributed by atoms with Crippen LogP contribution < -0.4 is 4.90 Å². The molecule has 5 rings (SSSR count). The number of carbonyl (C=O) groups is 1. The second-order valence-electron chi connectivity index (χ2n) is 9.43. The standard InChI is InChI=1S/C27H27Cl2N3O4/c1-15(2)26-18(25(30-36-26)24-19(28)5-4-6-20(24)29)14-31-9-11-32(12-10-31)21-7-8-22-17(16(21)3)13-23(35-22)27(33)34/h4-8,13,15H,9-12,14H2,1-3H3,(H,33,34). The van der Waals surface area contributed by atoms with Gasteiger partial charge in [-0.25, -0.2) is 4.79 Å². The van der Waals surface area contributed by atoms with E-state index in [-0.39, 0.29) is 11.7 Å². The lowest BCUT2D eigenvalue weighted by atomic mass is 10.00. The van der Waals surface area contributed by atoms with E-state index in [4.69, 9.17) is 32.1 Å². The highest BCUT2D eigenvalue weighted by molar-refractivity contribution is 6.39. The van der Waals surface area contributed by atoms with Crippen molar-refractivity contribution in [3.63, 3.8) is 0 Å². The maximum absolute atomic E-state index is 11.3. The number of carboxylic acids is 1. The third-order valence-electron chi connectivity index (χ3n) is 6.79. The van der Waals surface area contributed by atoms with Gasteiger partial charge in [-0.15, -0.1) is 0 Å². The maximum atomic E-state index is 11.3. The Bertz CT molecular complexity index is 1410. The van der Waals surface area contributed by atoms with Gasteiger partial charge in [0.15, 0.2) is 0 Å². The number of halogens is 2. The first-order valence-corrected chi connectivity index (χ1v) is 12.7. The van der Waals surface area contributed by atoms with Gasteiger partial charge in [0.2, 0.25) is 5.76 Å². The number of furan rings is 1. The summed E-state index contributed by atoms with van der Waals surface area (Å²) < 4.78 is 11.2. The van der Waals surface area contributed by atoms with Crippen molar-refractivity contribution in [3.8, 4) is 11.3 Å². The molecule has 0 saturated carbocycles. The van der Waals surface area contributed by atoms with Crippen LogP contribution in [0.2, 0.25) is 10.0 Å². The van der Waals surface area contributed by atoms with Crippen LogP contribution in [0.1, 0.15) is 47.2 Å². The summed E-state index contributed by atoms with van der Waals surface area (Å²) in [7, 11) is 0. The number of aromatic carboxylic acids is 1. The fourth-order valence-electron chi connectivity index (χ4n) is 4.91. The molecule has 36 heavy (non-hydrogen) atoms. The van der Waals surface area contributed by atoms with Crippen molar-refractivity contribution in [3.05, 3.63) is 69.1 Å². The molecular formula is C27H27Cl2N3O4. The van der Waals surface area contributed by atoms with Crippen molar-refractivity contribution in [2.24, 2.45) is 0 Å². The first kappa shape index (κ1) is 24.7. The van der Waals surface area contributed by atoms with Crippen LogP contribution in [0.4, 0.5) is 5.69 Å². The number of piperazine rings is 1. The minimum atomic E-state index is -1.06. The van der Waals surface area contributed by atoms with Crippen LogP contribution in [0.3, 0.4) is 0 Å². The number of hydrogen-bond acceptors (Lipinski definition) is 6. The molecule has 7 nitrogen and oxygen atoms in total. The molecule has 0 aliphatic carbocycles. The SMILES string of the molecule is Cc1c(N2CCN(Cc3c(-c4c(Cl)cccc4Cl)noc3C(C)C)CC2)ccc2oc(C(=O)O)cc12. The first-order valence-electron chi connectivity index (χ1n) is 11.9. The predicted molar refractivity (Wildman–Crippen MR) is 141 cm³/mol. The molecule has 1 aliphatic rings. The van der Waals surface area contributed by atoms with E-state index in [1.54, 1.807) is 6.07 Å². The van der Waals surface area contributed by atoms with Crippen molar-refractivity contribution < 1.29 is 18.8 Å². The largest absolute Gasteiger partial charge is 0.475 e. The molecule has 9 heteroatoms. The molecule has 0 atom stereocenters. The summed E-state index contributed by atoms with van der Waals surface area (Å²) in [5, 5.41) is 15.6. The highest BCUT2D eigenvalue weighted by atomic mass is 35.5. The normalized spacial score (nSPS) is 14.8. The number of benzene rings is 2. The van der Waals surface area contributed by atoms with Crippen molar-refractivity contribution in [2.75, 3.05) is 31.1 Å². The average molecular weight is 528 g/mol. The van der Waals surface area contributed by atoms with E-state index < -0.39 is 5.97 Å². The van der Waals surface area contributed by atoms with Gasteiger partial charge in [0.05, 0.1) is 10.0 Å². The molecule has 3 heterocycles. The summed E-state index contributed by atoms with van der Waals surface area (Å²) in [5.41, 5.74) is 5.13. The zero-order valence-corrected chi connectivity index (χ0v) is 21.9. The lowest BCUT2D eigenvalue weighted by molar-refractivity contribution is 0.0665. The van der Waals surface area contributed by atoms with Gasteiger partial charge in [-0.05, 0) is 42.8 Å². The number of aromatic nitrogens is 1. The Morgan fingerprint density at radius 3 is 2.44 bits per heavy atom. The minimum absolute atomic E-state index is 0.0424. The van der Waals surface area contributed by atoms with E-state index in [0.29, 0.717) is 33.4 Å². The van der Waals surface area contributed by atoms with Crippen molar-refractivity contribution in [1.82, 2.24) is 10.1 Å². The second-order valence-corrected chi connectivity index (χ2v) is 10.2. The molecule has 0 radical (unpaired) electrons. The van der Waals surface area contributed by atoms with E-state index in [1.807, 2.05) is 37.3 Å². The highest BCUT2D eigenvalue weighted by Gasteiger charge is 2.27. The Balaban J connectivity index is 1.36. The summed E-state index contributed by atoms with van der Waals surface area (Å²) in [5.74, 6) is -0.0883. The number of aryl methyl sites for hydroxylation is 1. The van der Waals surface area contributed by atoms with E-state index in [0.717, 1.165) is 54.1 Å². The molecule has 1 aliphatic heterocycles. The molecule has 0 bridgehead atoms. The first-order chi connectivity index (χ1) is 17.2. The van der Waals surface area contributed by atoms with Crippen LogP contribution in [0.15, 0.2) is 45.3 Å². The third kappa shape index (κ3) is 4.47. The summed E-state index contributed by atoms with van der Waals surface area (Å²) in [6.07, 6.45) is 0. The van der Waals surface area contributed by atoms with Crippen LogP contribution in [0.5, 0.6) is 0 Å². The Labute approximate surface area is 219 Å². The summed E-state index contributed by atoms with van der Waals surface area (Å²) in [6, 6.07) is 10.9. The summed E-state index contributed by atoms with van der Waals surface area (Å²) in [4.78, 5) is 16.0. The van der Waals surface area contributed by atoms with Crippen molar-refractivity contribution >= 4 is 45.8 Å². The zero-order valence-electron chi connectivity index (χ0n) is 20.3.